The van der Waals surface area contributed by atoms with Gasteiger partial charge in [0.2, 0.25) is 5.91 Å². The van der Waals surface area contributed by atoms with Gasteiger partial charge in [0.05, 0.1) is 19.4 Å². The van der Waals surface area contributed by atoms with Gasteiger partial charge in [0.15, 0.2) is 0 Å². The van der Waals surface area contributed by atoms with E-state index < -0.39 is 0 Å². The molecule has 1 aromatic carbocycles. The van der Waals surface area contributed by atoms with Crippen molar-refractivity contribution in [3.05, 3.63) is 54.0 Å². The number of hydrogen-bond donors (Lipinski definition) is 1. The first-order valence-corrected chi connectivity index (χ1v) is 8.93. The number of ether oxygens (including phenoxy) is 1. The van der Waals surface area contributed by atoms with Gasteiger partial charge in [-0.2, -0.15) is 0 Å². The number of nitrogens with one attached hydrogen (secondary N) is 1. The summed E-state index contributed by atoms with van der Waals surface area (Å²) in [5, 5.41) is 3.10. The largest absolute Gasteiger partial charge is 0.497 e. The molecule has 1 unspecified atom stereocenters. The molecule has 1 amide bonds. The number of aryl methyl sites for hydroxylation is 1. The summed E-state index contributed by atoms with van der Waals surface area (Å²) in [4.78, 5) is 14.7. The molecule has 134 valence electrons. The standard InChI is InChI=1S/C20H26N2O3/c1-24-17-8-6-16(7-9-17)19(22-12-2-3-13-22)15-21-20(23)11-10-18-5-4-14-25-18/h4-9,14,19H,2-3,10-13,15H2,1H3,(H,21,23). The molecular weight excluding hydrogens is 316 g/mol. The van der Waals surface area contributed by atoms with Crippen LogP contribution in [0.3, 0.4) is 0 Å². The highest BCUT2D eigenvalue weighted by Crippen LogP contribution is 2.26. The Morgan fingerprint density at radius 1 is 1.24 bits per heavy atom. The average molecular weight is 342 g/mol. The van der Waals surface area contributed by atoms with Gasteiger partial charge in [-0.1, -0.05) is 12.1 Å². The van der Waals surface area contributed by atoms with Crippen LogP contribution in [0.1, 0.15) is 36.6 Å². The Balaban J connectivity index is 1.58. The van der Waals surface area contributed by atoms with E-state index in [4.69, 9.17) is 9.15 Å². The zero-order valence-electron chi connectivity index (χ0n) is 14.7. The lowest BCUT2D eigenvalue weighted by molar-refractivity contribution is -0.121. The maximum Gasteiger partial charge on any atom is 0.220 e. The van der Waals surface area contributed by atoms with Gasteiger partial charge in [0, 0.05) is 19.4 Å². The van der Waals surface area contributed by atoms with Gasteiger partial charge in [0.25, 0.3) is 0 Å². The van der Waals surface area contributed by atoms with Gasteiger partial charge >= 0.3 is 0 Å². The maximum atomic E-state index is 12.2. The van der Waals surface area contributed by atoms with Crippen LogP contribution >= 0.6 is 0 Å². The van der Waals surface area contributed by atoms with Crippen LogP contribution in [0.25, 0.3) is 0 Å². The van der Waals surface area contributed by atoms with Crippen LogP contribution in [-0.4, -0.2) is 37.6 Å². The quantitative estimate of drug-likeness (QED) is 0.800. The summed E-state index contributed by atoms with van der Waals surface area (Å²) < 4.78 is 10.5. The molecule has 1 aliphatic rings. The van der Waals surface area contributed by atoms with Crippen molar-refractivity contribution < 1.29 is 13.9 Å². The van der Waals surface area contributed by atoms with Crippen molar-refractivity contribution in [1.82, 2.24) is 10.2 Å². The number of carbonyl (C=O) groups is 1. The van der Waals surface area contributed by atoms with Crippen LogP contribution in [0, 0.1) is 0 Å². The molecule has 0 radical (unpaired) electrons. The minimum Gasteiger partial charge on any atom is -0.497 e. The summed E-state index contributed by atoms with van der Waals surface area (Å²) >= 11 is 0. The van der Waals surface area contributed by atoms with Crippen molar-refractivity contribution in [1.29, 1.82) is 0 Å². The number of likely N-dealkylation sites (tertiary alicyclic amines) is 1. The Morgan fingerprint density at radius 3 is 2.64 bits per heavy atom. The van der Waals surface area contributed by atoms with Crippen LogP contribution in [0.5, 0.6) is 5.75 Å². The van der Waals surface area contributed by atoms with Crippen molar-refractivity contribution in [2.24, 2.45) is 0 Å². The number of carbonyl (C=O) groups excluding carboxylic acids is 1. The Bertz CT molecular complexity index is 646. The second kappa shape index (κ2) is 8.72. The maximum absolute atomic E-state index is 12.2. The molecule has 0 spiro atoms. The van der Waals surface area contributed by atoms with Gasteiger partial charge < -0.3 is 14.5 Å². The van der Waals surface area contributed by atoms with Crippen LogP contribution in [0.2, 0.25) is 0 Å². The first-order chi connectivity index (χ1) is 12.3. The Hall–Kier alpha value is -2.27. The van der Waals surface area contributed by atoms with Crippen molar-refractivity contribution >= 4 is 5.91 Å². The number of hydrogen-bond acceptors (Lipinski definition) is 4. The second-order valence-corrected chi connectivity index (χ2v) is 6.42. The van der Waals surface area contributed by atoms with Crippen molar-refractivity contribution in [3.8, 4) is 5.75 Å². The second-order valence-electron chi connectivity index (χ2n) is 6.42. The zero-order chi connectivity index (χ0) is 17.5. The molecule has 2 heterocycles. The summed E-state index contributed by atoms with van der Waals surface area (Å²) in [5.74, 6) is 1.77. The van der Waals surface area contributed by atoms with Crippen molar-refractivity contribution in [2.45, 2.75) is 31.7 Å². The van der Waals surface area contributed by atoms with Gasteiger partial charge in [-0.05, 0) is 55.8 Å². The minimum absolute atomic E-state index is 0.0640. The molecule has 0 bridgehead atoms. The van der Waals surface area contributed by atoms with E-state index in [1.165, 1.54) is 18.4 Å². The molecule has 5 heteroatoms. The van der Waals surface area contributed by atoms with E-state index in [1.54, 1.807) is 13.4 Å². The number of methoxy groups -OCH3 is 1. The molecular formula is C20H26N2O3. The van der Waals surface area contributed by atoms with E-state index in [0.29, 0.717) is 19.4 Å². The molecule has 1 aromatic heterocycles. The monoisotopic (exact) mass is 342 g/mol. The highest BCUT2D eigenvalue weighted by Gasteiger charge is 2.24. The third kappa shape index (κ3) is 4.86. The number of amides is 1. The van der Waals surface area contributed by atoms with E-state index in [9.17, 15) is 4.79 Å². The summed E-state index contributed by atoms with van der Waals surface area (Å²) in [6, 6.07) is 12.1. The Kier molecular flexibility index (Phi) is 6.12. The highest BCUT2D eigenvalue weighted by atomic mass is 16.5. The normalized spacial score (nSPS) is 15.9. The Labute approximate surface area is 149 Å². The highest BCUT2D eigenvalue weighted by molar-refractivity contribution is 5.76. The lowest BCUT2D eigenvalue weighted by atomic mass is 10.0. The van der Waals surface area contributed by atoms with E-state index in [-0.39, 0.29) is 11.9 Å². The smallest absolute Gasteiger partial charge is 0.220 e. The van der Waals surface area contributed by atoms with Crippen molar-refractivity contribution in [2.75, 3.05) is 26.7 Å². The fourth-order valence-corrected chi connectivity index (χ4v) is 3.33. The summed E-state index contributed by atoms with van der Waals surface area (Å²) in [6.07, 6.45) is 5.16. The first-order valence-electron chi connectivity index (χ1n) is 8.93. The molecule has 1 N–H and O–H groups in total. The molecule has 5 nitrogen and oxygen atoms in total. The third-order valence-corrected chi connectivity index (χ3v) is 4.75. The van der Waals surface area contributed by atoms with Crippen molar-refractivity contribution in [3.63, 3.8) is 0 Å². The average Bonchev–Trinajstić information content (AvgIpc) is 3.35. The number of benzene rings is 1. The van der Waals surface area contributed by atoms with Gasteiger partial charge in [-0.15, -0.1) is 0 Å². The van der Waals surface area contributed by atoms with E-state index in [0.717, 1.165) is 24.6 Å². The molecule has 0 saturated carbocycles. The summed E-state index contributed by atoms with van der Waals surface area (Å²) in [7, 11) is 1.67. The van der Waals surface area contributed by atoms with Gasteiger partial charge in [-0.3, -0.25) is 9.69 Å². The fraction of sp³-hybridized carbons (Fsp3) is 0.450. The molecule has 1 aliphatic heterocycles. The van der Waals surface area contributed by atoms with Gasteiger partial charge in [0.1, 0.15) is 11.5 Å². The first kappa shape index (κ1) is 17.5. The number of furan rings is 1. The topological polar surface area (TPSA) is 54.7 Å². The molecule has 1 saturated heterocycles. The minimum atomic E-state index is 0.0640. The third-order valence-electron chi connectivity index (χ3n) is 4.75. The lowest BCUT2D eigenvalue weighted by Gasteiger charge is -2.28. The molecule has 1 fully saturated rings. The van der Waals surface area contributed by atoms with Gasteiger partial charge in [-0.25, -0.2) is 0 Å². The van der Waals surface area contributed by atoms with Crippen LogP contribution in [-0.2, 0) is 11.2 Å². The molecule has 1 atom stereocenters. The molecule has 0 aliphatic carbocycles. The van der Waals surface area contributed by atoms with Crippen LogP contribution < -0.4 is 10.1 Å². The van der Waals surface area contributed by atoms with E-state index in [2.05, 4.69) is 22.3 Å². The lowest BCUT2D eigenvalue weighted by Crippen LogP contribution is -2.36. The number of nitrogens with zero attached hydrogens (tertiary/aromatic N) is 1. The predicted octanol–water partition coefficient (Wildman–Crippen LogP) is 3.17. The Morgan fingerprint density at radius 2 is 2.00 bits per heavy atom. The fourth-order valence-electron chi connectivity index (χ4n) is 3.33. The zero-order valence-corrected chi connectivity index (χ0v) is 14.7. The molecule has 3 rings (SSSR count). The SMILES string of the molecule is COc1ccc(C(CNC(=O)CCc2ccco2)N2CCCC2)cc1. The van der Waals surface area contributed by atoms with Crippen LogP contribution in [0.4, 0.5) is 0 Å². The summed E-state index contributed by atoms with van der Waals surface area (Å²) in [6.45, 7) is 2.79. The summed E-state index contributed by atoms with van der Waals surface area (Å²) in [5.41, 5.74) is 1.22. The number of rotatable bonds is 8. The molecule has 25 heavy (non-hydrogen) atoms. The van der Waals surface area contributed by atoms with E-state index in [1.807, 2.05) is 24.3 Å². The van der Waals surface area contributed by atoms with E-state index >= 15 is 0 Å². The molecule has 2 aromatic rings. The van der Waals surface area contributed by atoms with Crippen LogP contribution in [0.15, 0.2) is 47.1 Å². The predicted molar refractivity (Wildman–Crippen MR) is 96.6 cm³/mol.